The van der Waals surface area contributed by atoms with Crippen molar-refractivity contribution >= 4 is 17.7 Å². The van der Waals surface area contributed by atoms with Crippen LogP contribution in [-0.2, 0) is 14.3 Å². The van der Waals surface area contributed by atoms with Crippen molar-refractivity contribution in [3.05, 3.63) is 35.9 Å². The van der Waals surface area contributed by atoms with Gasteiger partial charge in [0.1, 0.15) is 5.41 Å². The lowest BCUT2D eigenvalue weighted by molar-refractivity contribution is -0.151. The van der Waals surface area contributed by atoms with Crippen LogP contribution in [0.5, 0.6) is 0 Å². The van der Waals surface area contributed by atoms with Gasteiger partial charge in [0.05, 0.1) is 6.61 Å². The minimum atomic E-state index is -1.03. The molecule has 1 N–H and O–H groups in total. The lowest BCUT2D eigenvalue weighted by Gasteiger charge is -2.23. The van der Waals surface area contributed by atoms with Crippen molar-refractivity contribution < 1.29 is 24.2 Å². The van der Waals surface area contributed by atoms with Crippen LogP contribution in [0.1, 0.15) is 29.6 Å². The zero-order valence-electron chi connectivity index (χ0n) is 13.2. The molecular formula is C17H21NO5. The van der Waals surface area contributed by atoms with Crippen LogP contribution in [0, 0.1) is 5.41 Å². The molecule has 23 heavy (non-hydrogen) atoms. The van der Waals surface area contributed by atoms with E-state index >= 15 is 0 Å². The average molecular weight is 319 g/mol. The molecule has 0 spiro atoms. The minimum absolute atomic E-state index is 0.0784. The number of Topliss-reactive ketones (excluding diaryl/α,β-unsaturated/α-hetero) is 1. The molecule has 1 amide bonds. The van der Waals surface area contributed by atoms with Crippen LogP contribution >= 0.6 is 0 Å². The summed E-state index contributed by atoms with van der Waals surface area (Å²) in [5.74, 6) is -1.22. The minimum Gasteiger partial charge on any atom is -0.481 e. The molecule has 1 aliphatic rings. The summed E-state index contributed by atoms with van der Waals surface area (Å²) in [7, 11) is 1.45. The van der Waals surface area contributed by atoms with Crippen molar-refractivity contribution in [2.75, 3.05) is 26.8 Å². The van der Waals surface area contributed by atoms with E-state index in [1.807, 2.05) is 6.07 Å². The van der Waals surface area contributed by atoms with E-state index in [4.69, 9.17) is 4.74 Å². The third-order valence-corrected chi connectivity index (χ3v) is 4.24. The summed E-state index contributed by atoms with van der Waals surface area (Å²) in [5.41, 5.74) is -0.450. The van der Waals surface area contributed by atoms with Crippen LogP contribution in [0.2, 0.25) is 0 Å². The van der Waals surface area contributed by atoms with Crippen LogP contribution in [0.15, 0.2) is 30.3 Å². The molecular weight excluding hydrogens is 298 g/mol. The summed E-state index contributed by atoms with van der Waals surface area (Å²) in [6.45, 7) is 0.595. The van der Waals surface area contributed by atoms with Gasteiger partial charge in [-0.1, -0.05) is 30.3 Å². The zero-order chi connectivity index (χ0) is 16.9. The van der Waals surface area contributed by atoms with Gasteiger partial charge >= 0.3 is 5.97 Å². The first-order chi connectivity index (χ1) is 11.0. The highest BCUT2D eigenvalue weighted by Gasteiger charge is 2.46. The summed E-state index contributed by atoms with van der Waals surface area (Å²) in [4.78, 5) is 37.2. The number of benzene rings is 1. The Morgan fingerprint density at radius 1 is 1.22 bits per heavy atom. The number of aliphatic carboxylic acids is 1. The van der Waals surface area contributed by atoms with Crippen molar-refractivity contribution in [2.45, 2.75) is 19.3 Å². The van der Waals surface area contributed by atoms with Gasteiger partial charge in [-0.15, -0.1) is 0 Å². The molecule has 1 aromatic rings. The van der Waals surface area contributed by atoms with Gasteiger partial charge in [0.2, 0.25) is 5.91 Å². The fraction of sp³-hybridized carbons (Fsp3) is 0.471. The molecule has 2 rings (SSSR count). The van der Waals surface area contributed by atoms with Crippen molar-refractivity contribution in [3.63, 3.8) is 0 Å². The monoisotopic (exact) mass is 319 g/mol. The number of amides is 1. The Morgan fingerprint density at radius 2 is 1.91 bits per heavy atom. The Bertz CT molecular complexity index is 586. The number of methoxy groups -OCH3 is 1. The highest BCUT2D eigenvalue weighted by molar-refractivity contribution is 5.98. The first kappa shape index (κ1) is 17.1. The van der Waals surface area contributed by atoms with Gasteiger partial charge in [-0.05, 0) is 6.42 Å². The van der Waals surface area contributed by atoms with Crippen LogP contribution < -0.4 is 0 Å². The molecule has 6 nitrogen and oxygen atoms in total. The van der Waals surface area contributed by atoms with Crippen LogP contribution in [0.4, 0.5) is 0 Å². The molecule has 1 heterocycles. The Morgan fingerprint density at radius 3 is 2.52 bits per heavy atom. The van der Waals surface area contributed by atoms with Gasteiger partial charge in [0, 0.05) is 38.6 Å². The first-order valence-corrected chi connectivity index (χ1v) is 7.57. The molecule has 1 fully saturated rings. The van der Waals surface area contributed by atoms with E-state index < -0.39 is 11.4 Å². The highest BCUT2D eigenvalue weighted by atomic mass is 16.5. The highest BCUT2D eigenvalue weighted by Crippen LogP contribution is 2.31. The molecule has 0 bridgehead atoms. The number of nitrogens with zero attached hydrogens (tertiary/aromatic N) is 1. The second-order valence-corrected chi connectivity index (χ2v) is 5.87. The number of carboxylic acids is 1. The first-order valence-electron chi connectivity index (χ1n) is 7.57. The summed E-state index contributed by atoms with van der Waals surface area (Å²) >= 11 is 0. The number of carbonyl (C=O) groups excluding carboxylic acids is 2. The second kappa shape index (κ2) is 7.37. The van der Waals surface area contributed by atoms with E-state index in [2.05, 4.69) is 0 Å². The van der Waals surface area contributed by atoms with Gasteiger partial charge in [0.15, 0.2) is 5.78 Å². The Kier molecular flexibility index (Phi) is 5.50. The number of hydrogen-bond acceptors (Lipinski definition) is 4. The maximum Gasteiger partial charge on any atom is 0.313 e. The molecule has 1 aliphatic heterocycles. The van der Waals surface area contributed by atoms with Crippen molar-refractivity contribution in [1.82, 2.24) is 4.90 Å². The van der Waals surface area contributed by atoms with Gasteiger partial charge in [-0.25, -0.2) is 0 Å². The second-order valence-electron chi connectivity index (χ2n) is 5.87. The topological polar surface area (TPSA) is 83.9 Å². The van der Waals surface area contributed by atoms with Gasteiger partial charge < -0.3 is 14.7 Å². The van der Waals surface area contributed by atoms with E-state index in [9.17, 15) is 19.5 Å². The summed E-state index contributed by atoms with van der Waals surface area (Å²) in [5, 5.41) is 9.39. The Balaban J connectivity index is 1.90. The van der Waals surface area contributed by atoms with Gasteiger partial charge in [-0.2, -0.15) is 0 Å². The molecule has 124 valence electrons. The Hall–Kier alpha value is -2.21. The SMILES string of the molecule is COCC1(C(=O)O)CCN(C(=O)CCC(=O)c2ccccc2)C1. The molecule has 0 radical (unpaired) electrons. The normalized spacial score (nSPS) is 20.5. The third kappa shape index (κ3) is 3.96. The van der Waals surface area contributed by atoms with Crippen LogP contribution in [0.25, 0.3) is 0 Å². The number of ether oxygens (including phenoxy) is 1. The van der Waals surface area contributed by atoms with E-state index in [1.165, 1.54) is 12.0 Å². The largest absolute Gasteiger partial charge is 0.481 e. The molecule has 6 heteroatoms. The maximum atomic E-state index is 12.2. The van der Waals surface area contributed by atoms with Crippen molar-refractivity contribution in [3.8, 4) is 0 Å². The fourth-order valence-electron chi connectivity index (χ4n) is 2.86. The summed E-state index contributed by atoms with van der Waals surface area (Å²) in [6, 6.07) is 8.82. The molecule has 1 aromatic carbocycles. The Labute approximate surface area is 135 Å². The van der Waals surface area contributed by atoms with E-state index in [0.717, 1.165) is 0 Å². The molecule has 0 aromatic heterocycles. The fourth-order valence-corrected chi connectivity index (χ4v) is 2.86. The standard InChI is InChI=1S/C17H21NO5/c1-23-12-17(16(21)22)9-10-18(11-17)15(20)8-7-14(19)13-5-3-2-4-6-13/h2-6H,7-12H2,1H3,(H,21,22). The lowest BCUT2D eigenvalue weighted by atomic mass is 9.88. The van der Waals surface area contributed by atoms with Gasteiger partial charge in [0.25, 0.3) is 0 Å². The number of carboxylic acid groups (broad SMARTS) is 1. The number of carbonyl (C=O) groups is 3. The third-order valence-electron chi connectivity index (χ3n) is 4.24. The number of rotatable bonds is 7. The summed E-state index contributed by atoms with van der Waals surface area (Å²) in [6.07, 6.45) is 0.592. The van der Waals surface area contributed by atoms with E-state index in [-0.39, 0.29) is 37.7 Å². The maximum absolute atomic E-state index is 12.2. The summed E-state index contributed by atoms with van der Waals surface area (Å²) < 4.78 is 5.00. The molecule has 0 saturated carbocycles. The molecule has 1 saturated heterocycles. The van der Waals surface area contributed by atoms with Crippen LogP contribution in [0.3, 0.4) is 0 Å². The molecule has 0 aliphatic carbocycles. The number of ketones is 1. The predicted molar refractivity (Wildman–Crippen MR) is 83.1 cm³/mol. The predicted octanol–water partition coefficient (Wildman–Crippen LogP) is 1.60. The van der Waals surface area contributed by atoms with Crippen LogP contribution in [-0.4, -0.2) is 54.5 Å². The zero-order valence-corrected chi connectivity index (χ0v) is 13.2. The van der Waals surface area contributed by atoms with Crippen molar-refractivity contribution in [2.24, 2.45) is 5.41 Å². The van der Waals surface area contributed by atoms with Crippen molar-refractivity contribution in [1.29, 1.82) is 0 Å². The molecule has 1 unspecified atom stereocenters. The van der Waals surface area contributed by atoms with E-state index in [0.29, 0.717) is 18.5 Å². The smallest absolute Gasteiger partial charge is 0.313 e. The quantitative estimate of drug-likeness (QED) is 0.772. The molecule has 1 atom stereocenters. The van der Waals surface area contributed by atoms with Gasteiger partial charge in [-0.3, -0.25) is 14.4 Å². The average Bonchev–Trinajstić information content (AvgIpc) is 2.99. The number of hydrogen-bond donors (Lipinski definition) is 1. The van der Waals surface area contributed by atoms with E-state index in [1.54, 1.807) is 24.3 Å². The number of likely N-dealkylation sites (tertiary alicyclic amines) is 1. The lowest BCUT2D eigenvalue weighted by Crippen LogP contribution is -2.40.